The normalized spacial score (nSPS) is 11.7. The number of benzene rings is 4. The molecule has 1 aromatic heterocycles. The van der Waals surface area contributed by atoms with Crippen LogP contribution >= 0.6 is 8.24 Å². The average molecular weight is 360 g/mol. The Morgan fingerprint density at radius 2 is 1.12 bits per heavy atom. The zero-order chi connectivity index (χ0) is 17.8. The molecule has 5 aromatic rings. The van der Waals surface area contributed by atoms with Gasteiger partial charge in [0.25, 0.3) is 0 Å². The van der Waals surface area contributed by atoms with E-state index in [0.29, 0.717) is 11.2 Å². The standard InChI is InChI=1S/C22H17O3P/c1-13-11-15-7-3-5-9-17(15)19-20-18-10-6-4-8-16(18)12-14(2)22(20)25-26(23)24-21(13)19/h3-12,23H,1-2H3. The molecule has 0 saturated carbocycles. The molecule has 0 fully saturated rings. The van der Waals surface area contributed by atoms with Crippen molar-refractivity contribution in [2.24, 2.45) is 0 Å². The van der Waals surface area contributed by atoms with E-state index in [9.17, 15) is 4.89 Å². The van der Waals surface area contributed by atoms with Crippen molar-refractivity contribution in [1.29, 1.82) is 0 Å². The lowest BCUT2D eigenvalue weighted by molar-refractivity contribution is 0.494. The van der Waals surface area contributed by atoms with Gasteiger partial charge in [0.2, 0.25) is 0 Å². The van der Waals surface area contributed by atoms with Gasteiger partial charge in [-0.25, -0.2) is 0 Å². The minimum atomic E-state index is -2.03. The molecule has 0 amide bonds. The van der Waals surface area contributed by atoms with E-state index in [2.05, 4.69) is 36.4 Å². The fraction of sp³-hybridized carbons (Fsp3) is 0.0909. The molecule has 0 aliphatic carbocycles. The molecule has 4 aromatic carbocycles. The molecule has 0 aliphatic heterocycles. The summed E-state index contributed by atoms with van der Waals surface area (Å²) in [5.74, 6) is 0. The monoisotopic (exact) mass is 360 g/mol. The lowest BCUT2D eigenvalue weighted by Gasteiger charge is -2.08. The van der Waals surface area contributed by atoms with Crippen LogP contribution in [0.15, 0.2) is 69.1 Å². The van der Waals surface area contributed by atoms with Crippen molar-refractivity contribution >= 4 is 51.7 Å². The highest BCUT2D eigenvalue weighted by atomic mass is 31.1. The van der Waals surface area contributed by atoms with Crippen molar-refractivity contribution in [3.63, 3.8) is 0 Å². The van der Waals surface area contributed by atoms with Crippen LogP contribution in [0.5, 0.6) is 0 Å². The van der Waals surface area contributed by atoms with Crippen molar-refractivity contribution in [3.8, 4) is 0 Å². The van der Waals surface area contributed by atoms with Gasteiger partial charge < -0.3 is 8.39 Å². The number of fused-ring (bicyclic) bond motifs is 7. The highest BCUT2D eigenvalue weighted by Crippen LogP contribution is 2.41. The van der Waals surface area contributed by atoms with Crippen LogP contribution in [0.2, 0.25) is 0 Å². The Kier molecular flexibility index (Phi) is 3.36. The van der Waals surface area contributed by atoms with E-state index in [1.165, 1.54) is 0 Å². The maximum absolute atomic E-state index is 10.4. The Bertz CT molecular complexity index is 1260. The zero-order valence-electron chi connectivity index (χ0n) is 14.5. The molecule has 0 atom stereocenters. The van der Waals surface area contributed by atoms with Gasteiger partial charge in [0, 0.05) is 10.8 Å². The van der Waals surface area contributed by atoms with Crippen LogP contribution in [0.1, 0.15) is 11.1 Å². The maximum Gasteiger partial charge on any atom is 0.384 e. The van der Waals surface area contributed by atoms with E-state index in [1.807, 2.05) is 38.1 Å². The van der Waals surface area contributed by atoms with Gasteiger partial charge in [-0.15, -0.1) is 0 Å². The predicted molar refractivity (Wildman–Crippen MR) is 108 cm³/mol. The molecule has 0 spiro atoms. The zero-order valence-corrected chi connectivity index (χ0v) is 15.4. The van der Waals surface area contributed by atoms with Gasteiger partial charge in [-0.1, -0.05) is 48.5 Å². The van der Waals surface area contributed by atoms with Gasteiger partial charge >= 0.3 is 8.24 Å². The smallest absolute Gasteiger partial charge is 0.384 e. The second-order valence-electron chi connectivity index (χ2n) is 6.66. The van der Waals surface area contributed by atoms with Gasteiger partial charge in [-0.3, -0.25) is 4.89 Å². The molecule has 1 heterocycles. The molecule has 26 heavy (non-hydrogen) atoms. The second-order valence-corrected chi connectivity index (χ2v) is 7.50. The molecule has 128 valence electrons. The fourth-order valence-corrected chi connectivity index (χ4v) is 4.66. The third-order valence-corrected chi connectivity index (χ3v) is 5.64. The van der Waals surface area contributed by atoms with E-state index in [4.69, 9.17) is 8.39 Å². The van der Waals surface area contributed by atoms with E-state index >= 15 is 0 Å². The summed E-state index contributed by atoms with van der Waals surface area (Å²) in [5.41, 5.74) is 3.38. The first-order valence-corrected chi connectivity index (χ1v) is 9.66. The minimum absolute atomic E-state index is 0.701. The Balaban J connectivity index is 2.28. The van der Waals surface area contributed by atoms with Crippen LogP contribution < -0.4 is 0 Å². The first-order valence-electron chi connectivity index (χ1n) is 8.53. The van der Waals surface area contributed by atoms with Gasteiger partial charge in [0.15, 0.2) is 0 Å². The molecule has 0 saturated heterocycles. The molecule has 3 nitrogen and oxygen atoms in total. The largest absolute Gasteiger partial charge is 0.399 e. The summed E-state index contributed by atoms with van der Waals surface area (Å²) in [7, 11) is -2.03. The first kappa shape index (κ1) is 15.5. The Morgan fingerprint density at radius 3 is 1.58 bits per heavy atom. The van der Waals surface area contributed by atoms with Gasteiger partial charge in [0.1, 0.15) is 11.2 Å². The molecule has 5 rings (SSSR count). The van der Waals surface area contributed by atoms with Crippen LogP contribution in [0.25, 0.3) is 43.5 Å². The lowest BCUT2D eigenvalue weighted by Crippen LogP contribution is -1.85. The van der Waals surface area contributed by atoms with Gasteiger partial charge in [-0.2, -0.15) is 0 Å². The molecule has 0 aliphatic rings. The molecule has 4 heteroatoms. The summed E-state index contributed by atoms with van der Waals surface area (Å²) in [5, 5.41) is 6.48. The predicted octanol–water partition coefficient (Wildman–Crippen LogP) is 6.97. The lowest BCUT2D eigenvalue weighted by atomic mass is 9.95. The highest BCUT2D eigenvalue weighted by molar-refractivity contribution is 7.30. The van der Waals surface area contributed by atoms with Crippen molar-refractivity contribution in [2.45, 2.75) is 13.8 Å². The van der Waals surface area contributed by atoms with Crippen LogP contribution in [0.4, 0.5) is 0 Å². The van der Waals surface area contributed by atoms with Gasteiger partial charge in [-0.05, 0) is 58.7 Å². The first-order chi connectivity index (χ1) is 12.6. The van der Waals surface area contributed by atoms with E-state index in [-0.39, 0.29) is 0 Å². The molecule has 1 N–H and O–H groups in total. The summed E-state index contributed by atoms with van der Waals surface area (Å²) in [6.07, 6.45) is 0. The van der Waals surface area contributed by atoms with Crippen molar-refractivity contribution in [2.75, 3.05) is 0 Å². The average Bonchev–Trinajstić information content (AvgIpc) is 2.79. The summed E-state index contributed by atoms with van der Waals surface area (Å²) in [4.78, 5) is 10.4. The minimum Gasteiger partial charge on any atom is -0.399 e. The molecule has 0 bridgehead atoms. The molecule has 0 unspecified atom stereocenters. The molecular formula is C22H17O3P. The van der Waals surface area contributed by atoms with Crippen molar-refractivity contribution in [1.82, 2.24) is 0 Å². The van der Waals surface area contributed by atoms with Gasteiger partial charge in [0.05, 0.1) is 0 Å². The quantitative estimate of drug-likeness (QED) is 0.324. The number of aryl methyl sites for hydroxylation is 2. The number of hydrogen-bond acceptors (Lipinski definition) is 3. The van der Waals surface area contributed by atoms with Crippen LogP contribution in [0.3, 0.4) is 0 Å². The van der Waals surface area contributed by atoms with Crippen LogP contribution in [-0.2, 0) is 0 Å². The number of rotatable bonds is 0. The topological polar surface area (TPSA) is 46.5 Å². The van der Waals surface area contributed by atoms with Crippen molar-refractivity contribution in [3.05, 3.63) is 71.8 Å². The Labute approximate surface area is 151 Å². The SMILES string of the molecule is Cc1cc2ccccc2c2c1op(O)oc1c(C)cc3ccccc3c12. The number of hydrogen-bond donors (Lipinski definition) is 1. The van der Waals surface area contributed by atoms with Crippen LogP contribution in [-0.4, -0.2) is 4.89 Å². The van der Waals surface area contributed by atoms with Crippen LogP contribution in [0, 0.1) is 13.8 Å². The Morgan fingerprint density at radius 1 is 0.692 bits per heavy atom. The summed E-state index contributed by atoms with van der Waals surface area (Å²) in [6.45, 7) is 4.02. The van der Waals surface area contributed by atoms with E-state index < -0.39 is 8.24 Å². The summed E-state index contributed by atoms with van der Waals surface area (Å²) in [6, 6.07) is 20.7. The molecule has 0 radical (unpaired) electrons. The fourth-order valence-electron chi connectivity index (χ4n) is 3.84. The van der Waals surface area contributed by atoms with E-state index in [0.717, 1.165) is 43.4 Å². The summed E-state index contributed by atoms with van der Waals surface area (Å²) >= 11 is 0. The third kappa shape index (κ3) is 2.18. The second kappa shape index (κ2) is 5.63. The van der Waals surface area contributed by atoms with E-state index in [1.54, 1.807) is 0 Å². The highest BCUT2D eigenvalue weighted by Gasteiger charge is 2.15. The Hall–Kier alpha value is -2.74. The van der Waals surface area contributed by atoms with Crippen molar-refractivity contribution < 1.29 is 13.3 Å². The third-order valence-electron chi connectivity index (χ3n) is 4.96. The summed E-state index contributed by atoms with van der Waals surface area (Å²) < 4.78 is 11.8. The molecular weight excluding hydrogens is 343 g/mol. The maximum atomic E-state index is 10.4.